The minimum Gasteiger partial charge on any atom is -0.310 e. The van der Waals surface area contributed by atoms with E-state index in [-0.39, 0.29) is 6.71 Å². The summed E-state index contributed by atoms with van der Waals surface area (Å²) in [6, 6.07) is 72.0. The second-order valence-corrected chi connectivity index (χ2v) is 16.5. The van der Waals surface area contributed by atoms with E-state index in [9.17, 15) is 0 Å². The van der Waals surface area contributed by atoms with E-state index < -0.39 is 0 Å². The van der Waals surface area contributed by atoms with Crippen LogP contribution in [0.1, 0.15) is 0 Å². The molecule has 6 heteroatoms. The number of pyridine rings is 1. The van der Waals surface area contributed by atoms with Gasteiger partial charge in [-0.3, -0.25) is 4.90 Å². The molecule has 0 saturated carbocycles. The molecule has 0 aliphatic carbocycles. The van der Waals surface area contributed by atoms with Crippen LogP contribution in [0.4, 0.5) is 34.3 Å². The maximum absolute atomic E-state index is 5.26. The molecule has 0 bridgehead atoms. The Kier molecular flexibility index (Phi) is 8.45. The van der Waals surface area contributed by atoms with Crippen LogP contribution in [0.5, 0.6) is 0 Å². The minimum absolute atomic E-state index is 0.0449. The Morgan fingerprint density at radius 2 is 0.930 bits per heavy atom. The zero-order valence-electron chi connectivity index (χ0n) is 30.9. The average Bonchev–Trinajstić information content (AvgIpc) is 3.27. The summed E-state index contributed by atoms with van der Waals surface area (Å²) in [7, 11) is 0. The van der Waals surface area contributed by atoms with Crippen LogP contribution in [-0.2, 0) is 0 Å². The van der Waals surface area contributed by atoms with Gasteiger partial charge in [-0.05, 0) is 112 Å². The molecule has 0 amide bonds. The van der Waals surface area contributed by atoms with Crippen molar-refractivity contribution in [3.63, 3.8) is 0 Å². The van der Waals surface area contributed by atoms with Crippen LogP contribution in [0.2, 0.25) is 0 Å². The molecule has 2 aliphatic heterocycles. The lowest BCUT2D eigenvalue weighted by Gasteiger charge is -2.35. The van der Waals surface area contributed by atoms with E-state index >= 15 is 0 Å². The van der Waals surface area contributed by atoms with Gasteiger partial charge in [0.1, 0.15) is 5.82 Å². The third kappa shape index (κ3) is 6.00. The zero-order chi connectivity index (χ0) is 37.7. The molecule has 8 aromatic carbocycles. The summed E-state index contributed by atoms with van der Waals surface area (Å²) in [6.07, 6.45) is 2.14. The molecule has 268 valence electrons. The van der Waals surface area contributed by atoms with Gasteiger partial charge in [-0.15, -0.1) is 0 Å². The van der Waals surface area contributed by atoms with Crippen molar-refractivity contribution in [2.75, 3.05) is 9.80 Å². The number of rotatable bonds is 7. The van der Waals surface area contributed by atoms with Crippen LogP contribution in [-0.4, -0.2) is 11.7 Å². The van der Waals surface area contributed by atoms with Crippen molar-refractivity contribution in [3.05, 3.63) is 206 Å². The maximum Gasteiger partial charge on any atom is 0.249 e. The van der Waals surface area contributed by atoms with Gasteiger partial charge in [0.15, 0.2) is 0 Å². The molecule has 2 aliphatic rings. The van der Waals surface area contributed by atoms with Crippen molar-refractivity contribution >= 4 is 91.7 Å². The third-order valence-corrected chi connectivity index (χ3v) is 13.2. The van der Waals surface area contributed by atoms with Crippen LogP contribution < -0.4 is 26.2 Å². The first kappa shape index (κ1) is 33.8. The van der Waals surface area contributed by atoms with Gasteiger partial charge >= 0.3 is 0 Å². The van der Waals surface area contributed by atoms with Crippen molar-refractivity contribution in [3.8, 4) is 11.1 Å². The van der Waals surface area contributed by atoms with E-state index in [1.807, 2.05) is 23.5 Å². The summed E-state index contributed by atoms with van der Waals surface area (Å²) in [5, 5.41) is 2.52. The van der Waals surface area contributed by atoms with Gasteiger partial charge < -0.3 is 4.90 Å². The Labute approximate surface area is 341 Å². The molecular weight excluding hydrogens is 730 g/mol. The Balaban J connectivity index is 1.11. The van der Waals surface area contributed by atoms with Gasteiger partial charge in [-0.25, -0.2) is 4.98 Å². The molecule has 57 heavy (non-hydrogen) atoms. The van der Waals surface area contributed by atoms with Crippen LogP contribution in [0.15, 0.2) is 226 Å². The van der Waals surface area contributed by atoms with E-state index in [2.05, 4.69) is 216 Å². The molecule has 0 fully saturated rings. The standard InChI is InChI=1S/C51H34BN3S2/c1-5-18-37(19-6-1)54(38-20-7-2-8-21-38)41-28-29-44-46(32-41)56-48-30-36(43-27-15-17-35-16-13-14-26-42(35)43)31-49-51(48)52(44)45-34-53-50(33-47(45)57-49)55(39-22-9-3-10-23-39)40-24-11-4-12-25-40/h1-34H. The van der Waals surface area contributed by atoms with Crippen LogP contribution >= 0.6 is 23.5 Å². The number of aromatic nitrogens is 1. The topological polar surface area (TPSA) is 19.4 Å². The first-order valence-corrected chi connectivity index (χ1v) is 20.9. The highest BCUT2D eigenvalue weighted by Crippen LogP contribution is 2.45. The van der Waals surface area contributed by atoms with Crippen LogP contribution in [0, 0.1) is 0 Å². The molecule has 0 unspecified atom stereocenters. The predicted molar refractivity (Wildman–Crippen MR) is 242 cm³/mol. The van der Waals surface area contributed by atoms with Gasteiger partial charge in [0.25, 0.3) is 0 Å². The van der Waals surface area contributed by atoms with Crippen LogP contribution in [0.3, 0.4) is 0 Å². The van der Waals surface area contributed by atoms with Gasteiger partial charge in [0.05, 0.1) is 0 Å². The van der Waals surface area contributed by atoms with Gasteiger partial charge in [-0.2, -0.15) is 0 Å². The molecule has 9 aromatic rings. The number of hydrogen-bond donors (Lipinski definition) is 0. The molecule has 0 saturated heterocycles. The normalized spacial score (nSPS) is 12.4. The molecule has 3 nitrogen and oxygen atoms in total. The number of anilines is 6. The van der Waals surface area contributed by atoms with E-state index in [1.165, 1.54) is 57.9 Å². The van der Waals surface area contributed by atoms with E-state index in [4.69, 9.17) is 4.98 Å². The molecule has 1 aromatic heterocycles. The number of benzene rings is 8. The van der Waals surface area contributed by atoms with Gasteiger partial charge in [0, 0.05) is 54.2 Å². The maximum atomic E-state index is 5.26. The van der Waals surface area contributed by atoms with Gasteiger partial charge in [-0.1, -0.05) is 150 Å². The van der Waals surface area contributed by atoms with Crippen molar-refractivity contribution in [1.82, 2.24) is 4.98 Å². The molecular formula is C51H34BN3S2. The summed E-state index contributed by atoms with van der Waals surface area (Å²) >= 11 is 3.77. The van der Waals surface area contributed by atoms with Crippen LogP contribution in [0.25, 0.3) is 21.9 Å². The fourth-order valence-corrected chi connectivity index (χ4v) is 10.9. The number of fused-ring (bicyclic) bond motifs is 5. The lowest BCUT2D eigenvalue weighted by molar-refractivity contribution is 1.16. The highest BCUT2D eigenvalue weighted by Gasteiger charge is 2.39. The number of nitrogens with zero attached hydrogens (tertiary/aromatic N) is 3. The van der Waals surface area contributed by atoms with E-state index in [0.29, 0.717) is 0 Å². The summed E-state index contributed by atoms with van der Waals surface area (Å²) in [6.45, 7) is 0.0449. The predicted octanol–water partition coefficient (Wildman–Crippen LogP) is 12.3. The Bertz CT molecular complexity index is 2680. The summed E-state index contributed by atoms with van der Waals surface area (Å²) in [5.74, 6) is 0.898. The van der Waals surface area contributed by atoms with Gasteiger partial charge in [0.2, 0.25) is 6.71 Å². The van der Waals surface area contributed by atoms with Crippen molar-refractivity contribution in [1.29, 1.82) is 0 Å². The fraction of sp³-hybridized carbons (Fsp3) is 0. The van der Waals surface area contributed by atoms with Crippen molar-refractivity contribution < 1.29 is 0 Å². The Morgan fingerprint density at radius 1 is 0.404 bits per heavy atom. The first-order chi connectivity index (χ1) is 28.3. The lowest BCUT2D eigenvalue weighted by Crippen LogP contribution is -2.58. The SMILES string of the molecule is c1ccc(N(c2ccccc2)c2ccc3c(c2)Sc2cc(-c4cccc5ccccc45)cc4c2B3c2cnc(N(c3ccccc3)c3ccccc3)cc2S4)cc1. The smallest absolute Gasteiger partial charge is 0.249 e. The molecule has 11 rings (SSSR count). The summed E-state index contributed by atoms with van der Waals surface area (Å²) < 4.78 is 0. The molecule has 0 atom stereocenters. The number of para-hydroxylation sites is 4. The Morgan fingerprint density at radius 3 is 1.54 bits per heavy atom. The second kappa shape index (κ2) is 14.2. The molecule has 0 spiro atoms. The highest BCUT2D eigenvalue weighted by molar-refractivity contribution is 8.01. The van der Waals surface area contributed by atoms with E-state index in [0.717, 1.165) is 34.3 Å². The Hall–Kier alpha value is -6.47. The zero-order valence-corrected chi connectivity index (χ0v) is 32.5. The summed E-state index contributed by atoms with van der Waals surface area (Å²) in [5.41, 5.74) is 12.0. The van der Waals surface area contributed by atoms with E-state index in [1.54, 1.807) is 0 Å². The number of hydrogen-bond acceptors (Lipinski definition) is 5. The average molecular weight is 764 g/mol. The highest BCUT2D eigenvalue weighted by atomic mass is 32.2. The molecule has 0 radical (unpaired) electrons. The lowest BCUT2D eigenvalue weighted by atomic mass is 9.36. The van der Waals surface area contributed by atoms with Crippen molar-refractivity contribution in [2.45, 2.75) is 19.6 Å². The largest absolute Gasteiger partial charge is 0.310 e. The monoisotopic (exact) mass is 763 g/mol. The molecule has 0 N–H and O–H groups in total. The minimum atomic E-state index is 0.0449. The third-order valence-electron chi connectivity index (χ3n) is 11.0. The fourth-order valence-electron chi connectivity index (χ4n) is 8.43. The van der Waals surface area contributed by atoms with Crippen molar-refractivity contribution in [2.24, 2.45) is 0 Å². The summed E-state index contributed by atoms with van der Waals surface area (Å²) in [4.78, 5) is 15.0. The second-order valence-electron chi connectivity index (χ2n) is 14.4. The molecule has 3 heterocycles. The quantitative estimate of drug-likeness (QED) is 0.150. The first-order valence-electron chi connectivity index (χ1n) is 19.2.